The molecule has 61 heavy (non-hydrogen) atoms. The lowest BCUT2D eigenvalue weighted by atomic mass is 10.1. The van der Waals surface area contributed by atoms with Gasteiger partial charge in [-0.25, -0.2) is 0 Å². The third kappa shape index (κ3) is 47.2. The van der Waals surface area contributed by atoms with Crippen molar-refractivity contribution < 1.29 is 28.6 Å². The lowest BCUT2D eigenvalue weighted by molar-refractivity contribution is -0.167. The van der Waals surface area contributed by atoms with Crippen LogP contribution in [0.2, 0.25) is 0 Å². The Hall–Kier alpha value is -3.67. The molecule has 346 valence electrons. The largest absolute Gasteiger partial charge is 0.462 e. The molecule has 0 aliphatic heterocycles. The van der Waals surface area contributed by atoms with Crippen LogP contribution < -0.4 is 0 Å². The predicted molar refractivity (Wildman–Crippen MR) is 260 cm³/mol. The zero-order chi connectivity index (χ0) is 44.4. The molecule has 0 rings (SSSR count). The summed E-state index contributed by atoms with van der Waals surface area (Å²) in [5, 5.41) is 0. The summed E-state index contributed by atoms with van der Waals surface area (Å²) in [7, 11) is 0. The van der Waals surface area contributed by atoms with E-state index in [0.29, 0.717) is 19.3 Å². The van der Waals surface area contributed by atoms with Gasteiger partial charge in [-0.1, -0.05) is 189 Å². The van der Waals surface area contributed by atoms with Crippen molar-refractivity contribution in [2.75, 3.05) is 13.2 Å². The minimum Gasteiger partial charge on any atom is -0.462 e. The maximum atomic E-state index is 12.7. The van der Waals surface area contributed by atoms with Crippen LogP contribution >= 0.6 is 0 Å². The van der Waals surface area contributed by atoms with Crippen molar-refractivity contribution in [1.82, 2.24) is 0 Å². The fraction of sp³-hybridized carbons (Fsp3) is 0.655. The van der Waals surface area contributed by atoms with Gasteiger partial charge in [0.15, 0.2) is 6.10 Å². The highest BCUT2D eigenvalue weighted by Gasteiger charge is 2.19. The highest BCUT2D eigenvalue weighted by Crippen LogP contribution is 2.13. The summed E-state index contributed by atoms with van der Waals surface area (Å²) < 4.78 is 16.6. The first-order valence-corrected chi connectivity index (χ1v) is 24.7. The predicted octanol–water partition coefficient (Wildman–Crippen LogP) is 16.2. The quantitative estimate of drug-likeness (QED) is 0.0263. The highest BCUT2D eigenvalue weighted by atomic mass is 16.6. The third-order valence-corrected chi connectivity index (χ3v) is 10.1. The first kappa shape index (κ1) is 57.3. The van der Waals surface area contributed by atoms with Crippen molar-refractivity contribution in [1.29, 1.82) is 0 Å². The van der Waals surface area contributed by atoms with Gasteiger partial charge in [0.2, 0.25) is 0 Å². The van der Waals surface area contributed by atoms with Crippen LogP contribution in [0.4, 0.5) is 0 Å². The number of hydrogen-bond donors (Lipinski definition) is 0. The summed E-state index contributed by atoms with van der Waals surface area (Å²) >= 11 is 0. The van der Waals surface area contributed by atoms with E-state index in [9.17, 15) is 14.4 Å². The Morgan fingerprint density at radius 2 is 0.639 bits per heavy atom. The van der Waals surface area contributed by atoms with E-state index in [4.69, 9.17) is 14.2 Å². The minimum atomic E-state index is -0.796. The molecule has 1 unspecified atom stereocenters. The number of carbonyl (C=O) groups excluding carboxylic acids is 3. The number of ether oxygens (including phenoxy) is 3. The molecule has 0 amide bonds. The molecule has 0 aliphatic carbocycles. The second kappa shape index (κ2) is 49.0. The van der Waals surface area contributed by atoms with Gasteiger partial charge in [0.05, 0.1) is 0 Å². The van der Waals surface area contributed by atoms with Gasteiger partial charge in [-0.05, 0) is 103 Å². The second-order valence-corrected chi connectivity index (χ2v) is 16.0. The number of allylic oxidation sites excluding steroid dienone is 16. The molecule has 0 bridgehead atoms. The Morgan fingerprint density at radius 3 is 1.07 bits per heavy atom. The second-order valence-electron chi connectivity index (χ2n) is 16.0. The van der Waals surface area contributed by atoms with Crippen molar-refractivity contribution in [2.24, 2.45) is 0 Å². The molecular formula is C55H90O6. The number of unbranched alkanes of at least 4 members (excludes halogenated alkanes) is 16. The molecule has 0 aromatic rings. The van der Waals surface area contributed by atoms with Crippen LogP contribution in [0.1, 0.15) is 213 Å². The molecule has 0 radical (unpaired) electrons. The van der Waals surface area contributed by atoms with Crippen molar-refractivity contribution in [3.8, 4) is 0 Å². The van der Waals surface area contributed by atoms with Crippen LogP contribution in [0.5, 0.6) is 0 Å². The summed E-state index contributed by atoms with van der Waals surface area (Å²) in [5.41, 5.74) is 0. The summed E-state index contributed by atoms with van der Waals surface area (Å²) in [6, 6.07) is 0. The van der Waals surface area contributed by atoms with Gasteiger partial charge in [0.25, 0.3) is 0 Å². The summed E-state index contributed by atoms with van der Waals surface area (Å²) in [6.45, 7) is 6.35. The number of esters is 3. The van der Waals surface area contributed by atoms with E-state index in [1.54, 1.807) is 0 Å². The Morgan fingerprint density at radius 1 is 0.344 bits per heavy atom. The Kier molecular flexibility index (Phi) is 46.0. The number of rotatable bonds is 43. The highest BCUT2D eigenvalue weighted by molar-refractivity contribution is 5.71. The van der Waals surface area contributed by atoms with Crippen LogP contribution in [-0.2, 0) is 28.6 Å². The summed E-state index contributed by atoms with van der Waals surface area (Å²) in [5.74, 6) is -0.970. The van der Waals surface area contributed by atoms with Gasteiger partial charge < -0.3 is 14.2 Å². The van der Waals surface area contributed by atoms with E-state index in [1.165, 1.54) is 51.4 Å². The van der Waals surface area contributed by atoms with Gasteiger partial charge in [-0.3, -0.25) is 14.4 Å². The Balaban J connectivity index is 4.30. The lowest BCUT2D eigenvalue weighted by Gasteiger charge is -2.18. The standard InChI is InChI=1S/C55H90O6/c1-4-7-10-13-15-17-19-21-23-25-26-27-28-30-31-33-35-37-39-42-45-48-54(57)60-51-52(50-59-53(56)47-44-41-12-9-6-3)61-55(58)49-46-43-40-38-36-34-32-29-24-22-20-18-16-14-11-8-5-2/h7,10,15-18,21-24,26-27,30-31,35,37,52H,4-6,8-9,11-14,19-20,25,28-29,32-34,36,38-51H2,1-3H3/b10-7-,17-15-,18-16-,23-21-,24-22-,27-26-,31-30-,37-35-. The molecule has 0 spiro atoms. The van der Waals surface area contributed by atoms with Crippen molar-refractivity contribution in [2.45, 2.75) is 219 Å². The zero-order valence-corrected chi connectivity index (χ0v) is 39.4. The SMILES string of the molecule is CC/C=C\C/C=C\C/C=C\C/C=C\C/C=C\C/C=C\CCCCC(=O)OCC(COC(=O)CCCCCCC)OC(=O)CCCCCCCCC/C=C\C/C=C\CCCCC. The molecule has 0 N–H and O–H groups in total. The van der Waals surface area contributed by atoms with Crippen molar-refractivity contribution in [3.05, 3.63) is 97.2 Å². The summed E-state index contributed by atoms with van der Waals surface area (Å²) in [4.78, 5) is 37.6. The Labute approximate surface area is 375 Å². The average Bonchev–Trinajstić information content (AvgIpc) is 3.26. The van der Waals surface area contributed by atoms with Crippen molar-refractivity contribution >= 4 is 17.9 Å². The van der Waals surface area contributed by atoms with Crippen molar-refractivity contribution in [3.63, 3.8) is 0 Å². The smallest absolute Gasteiger partial charge is 0.306 e. The van der Waals surface area contributed by atoms with Crippen LogP contribution in [0.25, 0.3) is 0 Å². The molecule has 0 aromatic carbocycles. The first-order valence-electron chi connectivity index (χ1n) is 24.7. The molecule has 1 atom stereocenters. The van der Waals surface area contributed by atoms with Crippen LogP contribution in [0.3, 0.4) is 0 Å². The molecule has 0 heterocycles. The molecule has 0 saturated heterocycles. The topological polar surface area (TPSA) is 78.9 Å². The van der Waals surface area contributed by atoms with E-state index < -0.39 is 6.10 Å². The monoisotopic (exact) mass is 847 g/mol. The van der Waals surface area contributed by atoms with E-state index >= 15 is 0 Å². The number of hydrogen-bond acceptors (Lipinski definition) is 6. The van der Waals surface area contributed by atoms with E-state index in [1.807, 2.05) is 0 Å². The molecule has 6 heteroatoms. The van der Waals surface area contributed by atoms with E-state index in [0.717, 1.165) is 122 Å². The normalized spacial score (nSPS) is 12.9. The lowest BCUT2D eigenvalue weighted by Crippen LogP contribution is -2.30. The number of carbonyl (C=O) groups is 3. The fourth-order valence-electron chi connectivity index (χ4n) is 6.36. The van der Waals surface area contributed by atoms with Gasteiger partial charge in [-0.2, -0.15) is 0 Å². The Bertz CT molecular complexity index is 1250. The first-order chi connectivity index (χ1) is 30.0. The maximum Gasteiger partial charge on any atom is 0.306 e. The molecule has 6 nitrogen and oxygen atoms in total. The summed E-state index contributed by atoms with van der Waals surface area (Å²) in [6.07, 6.45) is 64.2. The van der Waals surface area contributed by atoms with Gasteiger partial charge in [0.1, 0.15) is 13.2 Å². The van der Waals surface area contributed by atoms with Gasteiger partial charge >= 0.3 is 17.9 Å². The van der Waals surface area contributed by atoms with E-state index in [-0.39, 0.29) is 31.1 Å². The average molecular weight is 847 g/mol. The molecular weight excluding hydrogens is 757 g/mol. The maximum absolute atomic E-state index is 12.7. The van der Waals surface area contributed by atoms with Gasteiger partial charge in [0, 0.05) is 19.3 Å². The molecule has 0 saturated carbocycles. The molecule has 0 aromatic heterocycles. The molecule has 0 aliphatic rings. The fourth-order valence-corrected chi connectivity index (χ4v) is 6.36. The van der Waals surface area contributed by atoms with Crippen LogP contribution in [0, 0.1) is 0 Å². The van der Waals surface area contributed by atoms with Crippen LogP contribution in [0.15, 0.2) is 97.2 Å². The molecule has 0 fully saturated rings. The zero-order valence-electron chi connectivity index (χ0n) is 39.4. The van der Waals surface area contributed by atoms with Crippen LogP contribution in [-0.4, -0.2) is 37.2 Å². The third-order valence-electron chi connectivity index (χ3n) is 10.1. The van der Waals surface area contributed by atoms with E-state index in [2.05, 4.69) is 118 Å². The minimum absolute atomic E-state index is 0.0968. The van der Waals surface area contributed by atoms with Gasteiger partial charge in [-0.15, -0.1) is 0 Å².